The molecule has 0 spiro atoms. The normalized spacial score (nSPS) is 14.9. The Kier molecular flexibility index (Phi) is 8.37. The number of hydrogen-bond donors (Lipinski definition) is 0. The molecule has 0 N–H and O–H groups in total. The highest BCUT2D eigenvalue weighted by Crippen LogP contribution is 2.31. The second kappa shape index (κ2) is 12.1. The SMILES string of the molecule is COC(=O)COc1ccc(CN2C(=O)c3ccccc3N(Cc3ccccc3)C(=O)[C@@H]2CC(=O)OC)cc1. The Morgan fingerprint density at radius 3 is 2.08 bits per heavy atom. The van der Waals surface area contributed by atoms with Crippen molar-refractivity contribution in [2.24, 2.45) is 0 Å². The van der Waals surface area contributed by atoms with Gasteiger partial charge in [-0.05, 0) is 35.4 Å². The number of nitrogens with zero attached hydrogens (tertiary/aromatic N) is 2. The van der Waals surface area contributed by atoms with E-state index >= 15 is 0 Å². The van der Waals surface area contributed by atoms with Gasteiger partial charge in [0.25, 0.3) is 11.8 Å². The number of hydrogen-bond acceptors (Lipinski definition) is 7. The molecule has 38 heavy (non-hydrogen) atoms. The molecule has 0 aliphatic carbocycles. The second-order valence-electron chi connectivity index (χ2n) is 8.66. The van der Waals surface area contributed by atoms with Crippen LogP contribution in [0.25, 0.3) is 0 Å². The summed E-state index contributed by atoms with van der Waals surface area (Å²) in [5.41, 5.74) is 2.44. The van der Waals surface area contributed by atoms with Crippen LogP contribution in [-0.4, -0.2) is 55.5 Å². The number of para-hydroxylation sites is 1. The number of carbonyl (C=O) groups is 4. The number of benzene rings is 3. The highest BCUT2D eigenvalue weighted by Gasteiger charge is 2.40. The maximum atomic E-state index is 14.0. The van der Waals surface area contributed by atoms with Gasteiger partial charge in [0.15, 0.2) is 6.61 Å². The topological polar surface area (TPSA) is 102 Å². The Labute approximate surface area is 220 Å². The Bertz CT molecular complexity index is 1310. The first kappa shape index (κ1) is 26.4. The molecule has 3 aromatic rings. The zero-order valence-electron chi connectivity index (χ0n) is 21.2. The lowest BCUT2D eigenvalue weighted by atomic mass is 10.1. The van der Waals surface area contributed by atoms with Gasteiger partial charge in [-0.2, -0.15) is 0 Å². The summed E-state index contributed by atoms with van der Waals surface area (Å²) in [4.78, 5) is 54.6. The molecular weight excluding hydrogens is 488 g/mol. The van der Waals surface area contributed by atoms with Crippen molar-refractivity contribution in [3.05, 3.63) is 95.6 Å². The molecule has 0 bridgehead atoms. The fourth-order valence-corrected chi connectivity index (χ4v) is 4.26. The summed E-state index contributed by atoms with van der Waals surface area (Å²) in [5, 5.41) is 0. The van der Waals surface area contributed by atoms with Crippen molar-refractivity contribution >= 4 is 29.4 Å². The highest BCUT2D eigenvalue weighted by atomic mass is 16.6. The number of amides is 2. The molecule has 9 nitrogen and oxygen atoms in total. The lowest BCUT2D eigenvalue weighted by Gasteiger charge is -2.30. The van der Waals surface area contributed by atoms with Crippen LogP contribution in [0.15, 0.2) is 78.9 Å². The van der Waals surface area contributed by atoms with E-state index in [4.69, 9.17) is 9.47 Å². The summed E-state index contributed by atoms with van der Waals surface area (Å²) in [6.45, 7) is 0.0724. The first-order valence-electron chi connectivity index (χ1n) is 12.0. The third-order valence-electron chi connectivity index (χ3n) is 6.25. The first-order chi connectivity index (χ1) is 18.4. The minimum absolute atomic E-state index is 0.0665. The van der Waals surface area contributed by atoms with Crippen LogP contribution in [0.1, 0.15) is 27.9 Å². The molecule has 0 saturated carbocycles. The first-order valence-corrected chi connectivity index (χ1v) is 12.0. The standard InChI is InChI=1S/C29H28N2O7/c1-36-26(32)16-25-29(35)30(17-20-8-4-3-5-9-20)24-11-7-6-10-23(24)28(34)31(25)18-21-12-14-22(15-13-21)38-19-27(33)37-2/h3-15,25H,16-19H2,1-2H3/t25-/m0/s1. The van der Waals surface area contributed by atoms with Crippen LogP contribution in [-0.2, 0) is 36.9 Å². The van der Waals surface area contributed by atoms with Crippen molar-refractivity contribution in [2.45, 2.75) is 25.6 Å². The Morgan fingerprint density at radius 2 is 1.39 bits per heavy atom. The molecule has 3 aromatic carbocycles. The van der Waals surface area contributed by atoms with Gasteiger partial charge in [-0.25, -0.2) is 4.79 Å². The molecule has 0 saturated heterocycles. The summed E-state index contributed by atoms with van der Waals surface area (Å²) in [7, 11) is 2.53. The average molecular weight is 517 g/mol. The minimum atomic E-state index is -1.08. The van der Waals surface area contributed by atoms with Crippen LogP contribution >= 0.6 is 0 Å². The van der Waals surface area contributed by atoms with Gasteiger partial charge < -0.3 is 24.0 Å². The van der Waals surface area contributed by atoms with Gasteiger partial charge >= 0.3 is 11.9 Å². The van der Waals surface area contributed by atoms with Gasteiger partial charge in [0.2, 0.25) is 0 Å². The molecule has 2 amide bonds. The van der Waals surface area contributed by atoms with Gasteiger partial charge in [0.1, 0.15) is 11.8 Å². The van der Waals surface area contributed by atoms with E-state index < -0.39 is 18.0 Å². The van der Waals surface area contributed by atoms with Crippen LogP contribution in [0.3, 0.4) is 0 Å². The summed E-state index contributed by atoms with van der Waals surface area (Å²) >= 11 is 0. The molecular formula is C29H28N2O7. The number of ether oxygens (including phenoxy) is 3. The highest BCUT2D eigenvalue weighted by molar-refractivity contribution is 6.11. The largest absolute Gasteiger partial charge is 0.482 e. The van der Waals surface area contributed by atoms with Crippen LogP contribution in [0.2, 0.25) is 0 Å². The van der Waals surface area contributed by atoms with Crippen molar-refractivity contribution in [2.75, 3.05) is 25.7 Å². The molecule has 0 unspecified atom stereocenters. The lowest BCUT2D eigenvalue weighted by Crippen LogP contribution is -2.49. The number of methoxy groups -OCH3 is 2. The molecule has 196 valence electrons. The summed E-state index contributed by atoms with van der Waals surface area (Å²) in [6, 6.07) is 22.1. The fourth-order valence-electron chi connectivity index (χ4n) is 4.26. The Morgan fingerprint density at radius 1 is 0.763 bits per heavy atom. The summed E-state index contributed by atoms with van der Waals surface area (Å²) < 4.78 is 14.8. The second-order valence-corrected chi connectivity index (χ2v) is 8.66. The number of rotatable bonds is 9. The number of carbonyl (C=O) groups excluding carboxylic acids is 4. The van der Waals surface area contributed by atoms with Crippen molar-refractivity contribution < 1.29 is 33.4 Å². The molecule has 1 aliphatic heterocycles. The van der Waals surface area contributed by atoms with Gasteiger partial charge in [-0.15, -0.1) is 0 Å². The van der Waals surface area contributed by atoms with Crippen molar-refractivity contribution in [1.82, 2.24) is 4.90 Å². The van der Waals surface area contributed by atoms with Gasteiger partial charge in [-0.1, -0.05) is 54.6 Å². The van der Waals surface area contributed by atoms with Crippen LogP contribution in [0.4, 0.5) is 5.69 Å². The lowest BCUT2D eigenvalue weighted by molar-refractivity contribution is -0.144. The number of esters is 2. The quantitative estimate of drug-likeness (QED) is 0.402. The Hall–Kier alpha value is -4.66. The molecule has 4 rings (SSSR count). The van der Waals surface area contributed by atoms with E-state index in [0.29, 0.717) is 22.6 Å². The van der Waals surface area contributed by atoms with Gasteiger partial charge in [0, 0.05) is 6.54 Å². The summed E-state index contributed by atoms with van der Waals surface area (Å²) in [5.74, 6) is -1.41. The molecule has 0 fully saturated rings. The van der Waals surface area contributed by atoms with Crippen molar-refractivity contribution in [1.29, 1.82) is 0 Å². The maximum absolute atomic E-state index is 14.0. The predicted octanol–water partition coefficient (Wildman–Crippen LogP) is 3.36. The molecule has 0 aromatic heterocycles. The van der Waals surface area contributed by atoms with E-state index in [2.05, 4.69) is 4.74 Å². The monoisotopic (exact) mass is 516 g/mol. The third kappa shape index (κ3) is 6.00. The van der Waals surface area contributed by atoms with Crippen LogP contribution in [0.5, 0.6) is 5.75 Å². The number of fused-ring (bicyclic) bond motifs is 1. The van der Waals surface area contributed by atoms with Crippen LogP contribution < -0.4 is 9.64 Å². The Balaban J connectivity index is 1.68. The zero-order valence-corrected chi connectivity index (χ0v) is 21.2. The molecule has 1 atom stereocenters. The molecule has 1 heterocycles. The zero-order chi connectivity index (χ0) is 27.1. The van der Waals surface area contributed by atoms with Crippen molar-refractivity contribution in [3.8, 4) is 5.75 Å². The molecule has 1 aliphatic rings. The van der Waals surface area contributed by atoms with Crippen LogP contribution in [0, 0.1) is 0 Å². The maximum Gasteiger partial charge on any atom is 0.343 e. The smallest absolute Gasteiger partial charge is 0.343 e. The fraction of sp³-hybridized carbons (Fsp3) is 0.241. The molecule has 0 radical (unpaired) electrons. The summed E-state index contributed by atoms with van der Waals surface area (Å²) in [6.07, 6.45) is -0.291. The predicted molar refractivity (Wildman–Crippen MR) is 138 cm³/mol. The van der Waals surface area contributed by atoms with E-state index in [1.165, 1.54) is 19.1 Å². The van der Waals surface area contributed by atoms with Gasteiger partial charge in [0.05, 0.1) is 38.4 Å². The number of anilines is 1. The molecule has 9 heteroatoms. The minimum Gasteiger partial charge on any atom is -0.482 e. The van der Waals surface area contributed by atoms with E-state index in [9.17, 15) is 19.2 Å². The van der Waals surface area contributed by atoms with E-state index in [-0.39, 0.29) is 37.9 Å². The van der Waals surface area contributed by atoms with E-state index in [0.717, 1.165) is 5.56 Å². The van der Waals surface area contributed by atoms with Gasteiger partial charge in [-0.3, -0.25) is 14.4 Å². The van der Waals surface area contributed by atoms with E-state index in [1.807, 2.05) is 30.3 Å². The third-order valence-corrected chi connectivity index (χ3v) is 6.25. The van der Waals surface area contributed by atoms with E-state index in [1.54, 1.807) is 53.4 Å². The van der Waals surface area contributed by atoms with Crippen molar-refractivity contribution in [3.63, 3.8) is 0 Å². The average Bonchev–Trinajstić information content (AvgIpc) is 3.03.